The third-order valence-electron chi connectivity index (χ3n) is 3.36. The summed E-state index contributed by atoms with van der Waals surface area (Å²) >= 11 is 1.87. The molecule has 4 heteroatoms. The molecule has 16 heavy (non-hydrogen) atoms. The Labute approximate surface area is 101 Å². The fourth-order valence-electron chi connectivity index (χ4n) is 2.32. The fourth-order valence-corrected chi connectivity index (χ4v) is 3.71. The van der Waals surface area contributed by atoms with Gasteiger partial charge < -0.3 is 9.67 Å². The van der Waals surface area contributed by atoms with Crippen molar-refractivity contribution in [3.63, 3.8) is 0 Å². The highest BCUT2D eigenvalue weighted by Gasteiger charge is 2.21. The van der Waals surface area contributed by atoms with Crippen LogP contribution in [-0.4, -0.2) is 19.9 Å². The highest BCUT2D eigenvalue weighted by molar-refractivity contribution is 7.99. The summed E-state index contributed by atoms with van der Waals surface area (Å²) in [7, 11) is 1.98. The van der Waals surface area contributed by atoms with Crippen molar-refractivity contribution in [2.75, 3.05) is 0 Å². The Morgan fingerprint density at radius 3 is 3.00 bits per heavy atom. The molecule has 1 N–H and O–H groups in total. The van der Waals surface area contributed by atoms with E-state index in [1.807, 2.05) is 23.4 Å². The Morgan fingerprint density at radius 1 is 1.56 bits per heavy atom. The van der Waals surface area contributed by atoms with E-state index in [1.165, 1.54) is 25.7 Å². The zero-order valence-corrected chi connectivity index (χ0v) is 10.8. The van der Waals surface area contributed by atoms with Crippen molar-refractivity contribution in [1.82, 2.24) is 9.55 Å². The highest BCUT2D eigenvalue weighted by atomic mass is 32.2. The lowest BCUT2D eigenvalue weighted by atomic mass is 9.91. The molecule has 0 bridgehead atoms. The minimum atomic E-state index is 0.0745. The van der Waals surface area contributed by atoms with E-state index in [2.05, 4.69) is 11.9 Å². The summed E-state index contributed by atoms with van der Waals surface area (Å²) in [6.45, 7) is 2.41. The first kappa shape index (κ1) is 12.0. The molecule has 2 unspecified atom stereocenters. The first-order chi connectivity index (χ1) is 7.70. The number of rotatable bonds is 3. The number of aliphatic hydroxyl groups excluding tert-OH is 1. The average Bonchev–Trinajstić information content (AvgIpc) is 2.60. The van der Waals surface area contributed by atoms with Gasteiger partial charge in [0, 0.05) is 12.3 Å². The van der Waals surface area contributed by atoms with Gasteiger partial charge in [-0.25, -0.2) is 4.98 Å². The quantitative estimate of drug-likeness (QED) is 0.882. The molecule has 2 atom stereocenters. The van der Waals surface area contributed by atoms with Crippen molar-refractivity contribution in [3.8, 4) is 0 Å². The molecule has 0 radical (unpaired) electrons. The maximum atomic E-state index is 9.11. The minimum absolute atomic E-state index is 0.0745. The topological polar surface area (TPSA) is 38.1 Å². The van der Waals surface area contributed by atoms with E-state index in [1.54, 1.807) is 6.20 Å². The molecule has 0 spiro atoms. The Kier molecular flexibility index (Phi) is 3.92. The first-order valence-corrected chi connectivity index (χ1v) is 6.86. The summed E-state index contributed by atoms with van der Waals surface area (Å²) < 4.78 is 2.00. The third-order valence-corrected chi connectivity index (χ3v) is 4.72. The Morgan fingerprint density at radius 2 is 2.38 bits per heavy atom. The number of aromatic nitrogens is 2. The minimum Gasteiger partial charge on any atom is -0.390 e. The summed E-state index contributed by atoms with van der Waals surface area (Å²) in [6, 6.07) is 0. The van der Waals surface area contributed by atoms with Gasteiger partial charge in [-0.3, -0.25) is 0 Å². The van der Waals surface area contributed by atoms with Crippen molar-refractivity contribution in [1.29, 1.82) is 0 Å². The van der Waals surface area contributed by atoms with Crippen LogP contribution in [0.25, 0.3) is 0 Å². The number of nitrogens with zero attached hydrogens (tertiary/aromatic N) is 2. The molecule has 1 saturated carbocycles. The summed E-state index contributed by atoms with van der Waals surface area (Å²) in [6.07, 6.45) is 7.09. The average molecular weight is 240 g/mol. The lowest BCUT2D eigenvalue weighted by Crippen LogP contribution is -2.15. The molecule has 1 fully saturated rings. The number of hydrogen-bond donors (Lipinski definition) is 1. The Balaban J connectivity index is 2.00. The molecule has 0 amide bonds. The molecule has 2 rings (SSSR count). The van der Waals surface area contributed by atoms with Crippen molar-refractivity contribution in [3.05, 3.63) is 11.9 Å². The molecule has 1 aliphatic rings. The molecule has 0 saturated heterocycles. The maximum Gasteiger partial charge on any atom is 0.168 e. The second-order valence-corrected chi connectivity index (χ2v) is 6.03. The summed E-state index contributed by atoms with van der Waals surface area (Å²) in [4.78, 5) is 4.37. The predicted octanol–water partition coefficient (Wildman–Crippen LogP) is 2.58. The zero-order chi connectivity index (χ0) is 11.5. The van der Waals surface area contributed by atoms with Gasteiger partial charge >= 0.3 is 0 Å². The number of hydrogen-bond acceptors (Lipinski definition) is 3. The Bertz CT molecular complexity index is 351. The van der Waals surface area contributed by atoms with Crippen LogP contribution in [0, 0.1) is 5.92 Å². The van der Waals surface area contributed by atoms with Crippen LogP contribution >= 0.6 is 11.8 Å². The van der Waals surface area contributed by atoms with Gasteiger partial charge in [0.25, 0.3) is 0 Å². The van der Waals surface area contributed by atoms with Gasteiger partial charge in [-0.1, -0.05) is 31.5 Å². The van der Waals surface area contributed by atoms with E-state index < -0.39 is 0 Å². The summed E-state index contributed by atoms with van der Waals surface area (Å²) in [5.74, 6) is 0.851. The number of thioether (sulfide) groups is 1. The predicted molar refractivity (Wildman–Crippen MR) is 66.4 cm³/mol. The lowest BCUT2D eigenvalue weighted by molar-refractivity contribution is 0.271. The number of imidazole rings is 1. The van der Waals surface area contributed by atoms with Gasteiger partial charge in [-0.2, -0.15) is 0 Å². The van der Waals surface area contributed by atoms with Crippen molar-refractivity contribution < 1.29 is 5.11 Å². The normalized spacial score (nSPS) is 25.9. The SMILES string of the molecule is CC1CCCC(Sc2ncc(CO)n2C)C1. The maximum absolute atomic E-state index is 9.11. The van der Waals surface area contributed by atoms with Gasteiger partial charge in [0.1, 0.15) is 0 Å². The monoisotopic (exact) mass is 240 g/mol. The van der Waals surface area contributed by atoms with Crippen LogP contribution < -0.4 is 0 Å². The molecule has 1 aromatic rings. The van der Waals surface area contributed by atoms with Crippen LogP contribution in [0.3, 0.4) is 0 Å². The van der Waals surface area contributed by atoms with E-state index in [0.717, 1.165) is 16.8 Å². The van der Waals surface area contributed by atoms with Gasteiger partial charge in [0.15, 0.2) is 5.16 Å². The molecule has 1 aromatic heterocycles. The molecule has 1 heterocycles. The van der Waals surface area contributed by atoms with Gasteiger partial charge in [-0.15, -0.1) is 0 Å². The molecule has 0 aromatic carbocycles. The Hall–Kier alpha value is -0.480. The van der Waals surface area contributed by atoms with Crippen molar-refractivity contribution in [2.45, 2.75) is 49.6 Å². The van der Waals surface area contributed by atoms with Crippen LogP contribution in [-0.2, 0) is 13.7 Å². The molecule has 90 valence electrons. The fraction of sp³-hybridized carbons (Fsp3) is 0.750. The van der Waals surface area contributed by atoms with Gasteiger partial charge in [0.05, 0.1) is 18.5 Å². The van der Waals surface area contributed by atoms with E-state index in [0.29, 0.717) is 5.25 Å². The molecular formula is C12H20N2OS. The zero-order valence-electron chi connectivity index (χ0n) is 10.0. The molecule has 1 aliphatic carbocycles. The van der Waals surface area contributed by atoms with E-state index in [9.17, 15) is 0 Å². The second-order valence-electron chi connectivity index (χ2n) is 4.76. The van der Waals surface area contributed by atoms with Gasteiger partial charge in [-0.05, 0) is 18.8 Å². The van der Waals surface area contributed by atoms with Gasteiger partial charge in [0.2, 0.25) is 0 Å². The standard InChI is InChI=1S/C12H20N2OS/c1-9-4-3-5-11(6-9)16-12-13-7-10(8-15)14(12)2/h7,9,11,15H,3-6,8H2,1-2H3. The van der Waals surface area contributed by atoms with Crippen molar-refractivity contribution in [2.24, 2.45) is 13.0 Å². The molecule has 3 nitrogen and oxygen atoms in total. The largest absolute Gasteiger partial charge is 0.390 e. The van der Waals surface area contributed by atoms with Crippen molar-refractivity contribution >= 4 is 11.8 Å². The molecule has 0 aliphatic heterocycles. The van der Waals surface area contributed by atoms with E-state index in [-0.39, 0.29) is 6.61 Å². The smallest absolute Gasteiger partial charge is 0.168 e. The second kappa shape index (κ2) is 5.23. The van der Waals surface area contributed by atoms with Crippen LogP contribution in [0.15, 0.2) is 11.4 Å². The lowest BCUT2D eigenvalue weighted by Gasteiger charge is -2.25. The first-order valence-electron chi connectivity index (χ1n) is 5.98. The highest BCUT2D eigenvalue weighted by Crippen LogP contribution is 2.35. The van der Waals surface area contributed by atoms with E-state index >= 15 is 0 Å². The van der Waals surface area contributed by atoms with Crippen LogP contribution in [0.1, 0.15) is 38.3 Å². The molecular weight excluding hydrogens is 220 g/mol. The third kappa shape index (κ3) is 2.61. The van der Waals surface area contributed by atoms with Crippen LogP contribution in [0.2, 0.25) is 0 Å². The summed E-state index contributed by atoms with van der Waals surface area (Å²) in [5.41, 5.74) is 0.895. The van der Waals surface area contributed by atoms with E-state index in [4.69, 9.17) is 5.11 Å². The van der Waals surface area contributed by atoms with Crippen LogP contribution in [0.4, 0.5) is 0 Å². The summed E-state index contributed by atoms with van der Waals surface area (Å²) in [5, 5.41) is 10.9. The number of aliphatic hydroxyl groups is 1. The van der Waals surface area contributed by atoms with Crippen LogP contribution in [0.5, 0.6) is 0 Å².